The van der Waals surface area contributed by atoms with Crippen molar-refractivity contribution in [3.05, 3.63) is 35.1 Å². The predicted molar refractivity (Wildman–Crippen MR) is 62.6 cm³/mol. The van der Waals surface area contributed by atoms with E-state index in [1.807, 2.05) is 13.0 Å². The normalized spacial score (nSPS) is 11.8. The summed E-state index contributed by atoms with van der Waals surface area (Å²) in [4.78, 5) is 0. The summed E-state index contributed by atoms with van der Waals surface area (Å²) in [5.41, 5.74) is 2.38. The maximum atomic E-state index is 13.0. The lowest BCUT2D eigenvalue weighted by Crippen LogP contribution is -2.37. The molecule has 1 rings (SSSR count). The second kappa shape index (κ2) is 4.75. The summed E-state index contributed by atoms with van der Waals surface area (Å²) in [6, 6.07) is 4.97. The number of nitrogens with one attached hydrogen (secondary N) is 1. The molecule has 2 heteroatoms. The Hall–Kier alpha value is -0.890. The van der Waals surface area contributed by atoms with Gasteiger partial charge in [-0.1, -0.05) is 6.07 Å². The largest absolute Gasteiger partial charge is 0.312 e. The second-order valence-corrected chi connectivity index (χ2v) is 5.00. The molecule has 0 saturated carbocycles. The van der Waals surface area contributed by atoms with Gasteiger partial charge in [-0.05, 0) is 63.9 Å². The fourth-order valence-electron chi connectivity index (χ4n) is 1.48. The van der Waals surface area contributed by atoms with Crippen molar-refractivity contribution in [2.75, 3.05) is 6.54 Å². The van der Waals surface area contributed by atoms with Gasteiger partial charge < -0.3 is 5.32 Å². The first-order valence-electron chi connectivity index (χ1n) is 5.38. The van der Waals surface area contributed by atoms with Crippen molar-refractivity contribution in [1.29, 1.82) is 0 Å². The summed E-state index contributed by atoms with van der Waals surface area (Å²) in [5, 5.41) is 3.39. The van der Waals surface area contributed by atoms with E-state index in [2.05, 4.69) is 26.1 Å². The monoisotopic (exact) mass is 209 g/mol. The molecule has 84 valence electrons. The molecule has 0 fully saturated rings. The third-order valence-corrected chi connectivity index (χ3v) is 2.36. The molecule has 1 aromatic rings. The summed E-state index contributed by atoms with van der Waals surface area (Å²) in [6.45, 7) is 9.29. The van der Waals surface area contributed by atoms with Gasteiger partial charge in [-0.3, -0.25) is 0 Å². The Bertz CT molecular complexity index is 326. The van der Waals surface area contributed by atoms with Crippen molar-refractivity contribution < 1.29 is 4.39 Å². The molecule has 0 aliphatic rings. The fourth-order valence-corrected chi connectivity index (χ4v) is 1.48. The molecule has 0 atom stereocenters. The number of benzene rings is 1. The quantitative estimate of drug-likeness (QED) is 0.806. The van der Waals surface area contributed by atoms with E-state index in [9.17, 15) is 4.39 Å². The van der Waals surface area contributed by atoms with E-state index in [0.29, 0.717) is 0 Å². The average molecular weight is 209 g/mol. The van der Waals surface area contributed by atoms with E-state index < -0.39 is 0 Å². The van der Waals surface area contributed by atoms with Gasteiger partial charge in [-0.25, -0.2) is 4.39 Å². The number of hydrogen-bond acceptors (Lipinski definition) is 1. The Kier molecular flexibility index (Phi) is 3.86. The number of rotatable bonds is 3. The highest BCUT2D eigenvalue weighted by molar-refractivity contribution is 5.26. The molecule has 0 bridgehead atoms. The molecular weight excluding hydrogens is 189 g/mol. The van der Waals surface area contributed by atoms with Crippen molar-refractivity contribution in [3.63, 3.8) is 0 Å². The molecule has 0 aromatic heterocycles. The summed E-state index contributed by atoms with van der Waals surface area (Å²) < 4.78 is 13.0. The molecule has 0 spiro atoms. The zero-order valence-corrected chi connectivity index (χ0v) is 10.0. The summed E-state index contributed by atoms with van der Waals surface area (Å²) in [5.74, 6) is -0.147. The van der Waals surface area contributed by atoms with Gasteiger partial charge in [0.25, 0.3) is 0 Å². The Morgan fingerprint density at radius 3 is 2.53 bits per heavy atom. The van der Waals surface area contributed by atoms with Crippen molar-refractivity contribution in [2.24, 2.45) is 0 Å². The van der Waals surface area contributed by atoms with Crippen molar-refractivity contribution in [1.82, 2.24) is 5.32 Å². The maximum Gasteiger partial charge on any atom is 0.123 e. The second-order valence-electron chi connectivity index (χ2n) is 5.00. The third-order valence-electron chi connectivity index (χ3n) is 2.36. The van der Waals surface area contributed by atoms with E-state index in [4.69, 9.17) is 0 Å². The van der Waals surface area contributed by atoms with Crippen LogP contribution in [0.1, 0.15) is 31.9 Å². The van der Waals surface area contributed by atoms with Gasteiger partial charge >= 0.3 is 0 Å². The standard InChI is InChI=1S/C13H20FN/c1-10-5-6-12(14)9-11(10)7-8-15-13(2,3)4/h5-6,9,15H,7-8H2,1-4H3. The first-order chi connectivity index (χ1) is 6.88. The van der Waals surface area contributed by atoms with Crippen LogP contribution in [-0.2, 0) is 6.42 Å². The smallest absolute Gasteiger partial charge is 0.123 e. The summed E-state index contributed by atoms with van der Waals surface area (Å²) >= 11 is 0. The van der Waals surface area contributed by atoms with Crippen LogP contribution in [0.25, 0.3) is 0 Å². The van der Waals surface area contributed by atoms with Gasteiger partial charge in [0.05, 0.1) is 0 Å². The van der Waals surface area contributed by atoms with Gasteiger partial charge in [-0.2, -0.15) is 0 Å². The van der Waals surface area contributed by atoms with E-state index in [-0.39, 0.29) is 11.4 Å². The molecule has 0 radical (unpaired) electrons. The lowest BCUT2D eigenvalue weighted by molar-refractivity contribution is 0.429. The number of halogens is 1. The zero-order valence-electron chi connectivity index (χ0n) is 10.0. The van der Waals surface area contributed by atoms with Crippen LogP contribution >= 0.6 is 0 Å². The van der Waals surface area contributed by atoms with Crippen molar-refractivity contribution in [2.45, 2.75) is 39.7 Å². The lowest BCUT2D eigenvalue weighted by atomic mass is 10.0. The molecule has 0 unspecified atom stereocenters. The van der Waals surface area contributed by atoms with E-state index in [0.717, 1.165) is 24.1 Å². The summed E-state index contributed by atoms with van der Waals surface area (Å²) in [6.07, 6.45) is 0.876. The van der Waals surface area contributed by atoms with Crippen LogP contribution in [0.15, 0.2) is 18.2 Å². The van der Waals surface area contributed by atoms with Crippen LogP contribution in [0.3, 0.4) is 0 Å². The van der Waals surface area contributed by atoms with E-state index in [1.54, 1.807) is 6.07 Å². The predicted octanol–water partition coefficient (Wildman–Crippen LogP) is 3.06. The minimum absolute atomic E-state index is 0.126. The van der Waals surface area contributed by atoms with Crippen LogP contribution in [-0.4, -0.2) is 12.1 Å². The first kappa shape index (κ1) is 12.2. The van der Waals surface area contributed by atoms with Crippen LogP contribution in [0.4, 0.5) is 4.39 Å². The summed E-state index contributed by atoms with van der Waals surface area (Å²) in [7, 11) is 0. The van der Waals surface area contributed by atoms with Gasteiger partial charge in [0.15, 0.2) is 0 Å². The van der Waals surface area contributed by atoms with E-state index in [1.165, 1.54) is 6.07 Å². The minimum atomic E-state index is -0.147. The highest BCUT2D eigenvalue weighted by Gasteiger charge is 2.08. The molecule has 15 heavy (non-hydrogen) atoms. The number of aryl methyl sites for hydroxylation is 1. The minimum Gasteiger partial charge on any atom is -0.312 e. The van der Waals surface area contributed by atoms with Crippen LogP contribution in [0.5, 0.6) is 0 Å². The highest BCUT2D eigenvalue weighted by atomic mass is 19.1. The molecule has 1 nitrogen and oxygen atoms in total. The van der Waals surface area contributed by atoms with Gasteiger partial charge in [0, 0.05) is 5.54 Å². The third kappa shape index (κ3) is 4.43. The average Bonchev–Trinajstić information content (AvgIpc) is 2.09. The van der Waals surface area contributed by atoms with E-state index >= 15 is 0 Å². The molecule has 0 aliphatic heterocycles. The molecule has 0 amide bonds. The molecule has 1 aromatic carbocycles. The fraction of sp³-hybridized carbons (Fsp3) is 0.538. The van der Waals surface area contributed by atoms with Crippen molar-refractivity contribution in [3.8, 4) is 0 Å². The number of hydrogen-bond donors (Lipinski definition) is 1. The topological polar surface area (TPSA) is 12.0 Å². The maximum absolute atomic E-state index is 13.0. The highest BCUT2D eigenvalue weighted by Crippen LogP contribution is 2.11. The van der Waals surface area contributed by atoms with Gasteiger partial charge in [-0.15, -0.1) is 0 Å². The van der Waals surface area contributed by atoms with Crippen LogP contribution < -0.4 is 5.32 Å². The lowest BCUT2D eigenvalue weighted by Gasteiger charge is -2.20. The Morgan fingerprint density at radius 2 is 1.93 bits per heavy atom. The van der Waals surface area contributed by atoms with Crippen molar-refractivity contribution >= 4 is 0 Å². The molecular formula is C13H20FN. The SMILES string of the molecule is Cc1ccc(F)cc1CCNC(C)(C)C. The molecule has 0 saturated heterocycles. The van der Waals surface area contributed by atoms with Gasteiger partial charge in [0.2, 0.25) is 0 Å². The first-order valence-corrected chi connectivity index (χ1v) is 5.38. The Morgan fingerprint density at radius 1 is 1.27 bits per heavy atom. The zero-order chi connectivity index (χ0) is 11.5. The van der Waals surface area contributed by atoms with Crippen LogP contribution in [0, 0.1) is 12.7 Å². The van der Waals surface area contributed by atoms with Crippen LogP contribution in [0.2, 0.25) is 0 Å². The molecule has 0 heterocycles. The molecule has 0 aliphatic carbocycles. The Labute approximate surface area is 91.7 Å². The Balaban J connectivity index is 2.54. The van der Waals surface area contributed by atoms with Gasteiger partial charge in [0.1, 0.15) is 5.82 Å². The molecule has 1 N–H and O–H groups in total.